The van der Waals surface area contributed by atoms with E-state index in [9.17, 15) is 4.79 Å². The SMILES string of the molecule is CC(CC1CCCC1)C(=O)NCC1CNC1. The van der Waals surface area contributed by atoms with E-state index in [2.05, 4.69) is 17.6 Å². The lowest BCUT2D eigenvalue weighted by Gasteiger charge is -2.27. The molecule has 16 heavy (non-hydrogen) atoms. The van der Waals surface area contributed by atoms with Gasteiger partial charge < -0.3 is 10.6 Å². The molecule has 2 rings (SSSR count). The maximum atomic E-state index is 11.8. The summed E-state index contributed by atoms with van der Waals surface area (Å²) in [5, 5.41) is 6.30. The van der Waals surface area contributed by atoms with Crippen LogP contribution in [-0.4, -0.2) is 25.5 Å². The maximum Gasteiger partial charge on any atom is 0.222 e. The third-order valence-electron chi connectivity index (χ3n) is 4.04. The molecule has 1 amide bonds. The van der Waals surface area contributed by atoms with E-state index in [4.69, 9.17) is 0 Å². The molecule has 0 radical (unpaired) electrons. The topological polar surface area (TPSA) is 41.1 Å². The van der Waals surface area contributed by atoms with Crippen LogP contribution in [0.25, 0.3) is 0 Å². The minimum atomic E-state index is 0.205. The Morgan fingerprint density at radius 2 is 2.00 bits per heavy atom. The molecule has 1 aliphatic carbocycles. The van der Waals surface area contributed by atoms with E-state index in [1.54, 1.807) is 0 Å². The van der Waals surface area contributed by atoms with Crippen molar-refractivity contribution in [2.24, 2.45) is 17.8 Å². The van der Waals surface area contributed by atoms with Gasteiger partial charge in [-0.05, 0) is 12.3 Å². The van der Waals surface area contributed by atoms with Crippen LogP contribution in [0.4, 0.5) is 0 Å². The summed E-state index contributed by atoms with van der Waals surface area (Å²) in [6.45, 7) is 5.07. The van der Waals surface area contributed by atoms with E-state index in [0.717, 1.165) is 32.0 Å². The molecule has 0 spiro atoms. The lowest BCUT2D eigenvalue weighted by atomic mass is 9.93. The number of hydrogen-bond acceptors (Lipinski definition) is 2. The Morgan fingerprint density at radius 1 is 1.31 bits per heavy atom. The first-order valence-corrected chi connectivity index (χ1v) is 6.74. The fourth-order valence-corrected chi connectivity index (χ4v) is 2.77. The predicted octanol–water partition coefficient (Wildman–Crippen LogP) is 1.54. The number of rotatable bonds is 5. The van der Waals surface area contributed by atoms with Crippen LogP contribution in [0.15, 0.2) is 0 Å². The first kappa shape index (κ1) is 11.9. The van der Waals surface area contributed by atoms with Gasteiger partial charge in [-0.1, -0.05) is 32.6 Å². The summed E-state index contributed by atoms with van der Waals surface area (Å²) >= 11 is 0. The molecule has 0 bridgehead atoms. The summed E-state index contributed by atoms with van der Waals surface area (Å²) in [4.78, 5) is 11.8. The standard InChI is InChI=1S/C13H24N2O/c1-10(6-11-4-2-3-5-11)13(16)15-9-12-7-14-8-12/h10-12,14H,2-9H2,1H3,(H,15,16). The molecule has 0 aromatic heterocycles. The number of hydrogen-bond donors (Lipinski definition) is 2. The molecular formula is C13H24N2O. The van der Waals surface area contributed by atoms with E-state index in [1.807, 2.05) is 0 Å². The van der Waals surface area contributed by atoms with Crippen molar-refractivity contribution in [2.75, 3.05) is 19.6 Å². The molecule has 1 aliphatic heterocycles. The Morgan fingerprint density at radius 3 is 2.56 bits per heavy atom. The molecule has 0 aromatic rings. The van der Waals surface area contributed by atoms with Crippen LogP contribution < -0.4 is 10.6 Å². The largest absolute Gasteiger partial charge is 0.355 e. The van der Waals surface area contributed by atoms with Gasteiger partial charge in [-0.2, -0.15) is 0 Å². The lowest BCUT2D eigenvalue weighted by molar-refractivity contribution is -0.125. The second-order valence-electron chi connectivity index (χ2n) is 5.56. The van der Waals surface area contributed by atoms with Crippen LogP contribution in [-0.2, 0) is 4.79 Å². The highest BCUT2D eigenvalue weighted by Crippen LogP contribution is 2.30. The van der Waals surface area contributed by atoms with Crippen molar-refractivity contribution in [3.8, 4) is 0 Å². The maximum absolute atomic E-state index is 11.8. The van der Waals surface area contributed by atoms with Crippen LogP contribution in [0.5, 0.6) is 0 Å². The van der Waals surface area contributed by atoms with Crippen molar-refractivity contribution in [2.45, 2.75) is 39.0 Å². The molecule has 3 heteroatoms. The van der Waals surface area contributed by atoms with Crippen LogP contribution in [0.1, 0.15) is 39.0 Å². The van der Waals surface area contributed by atoms with Gasteiger partial charge in [-0.25, -0.2) is 0 Å². The molecule has 1 saturated carbocycles. The van der Waals surface area contributed by atoms with Gasteiger partial charge in [-0.15, -0.1) is 0 Å². The van der Waals surface area contributed by atoms with Crippen LogP contribution in [0, 0.1) is 17.8 Å². The fourth-order valence-electron chi connectivity index (χ4n) is 2.77. The number of nitrogens with one attached hydrogen (secondary N) is 2. The van der Waals surface area contributed by atoms with E-state index < -0.39 is 0 Å². The van der Waals surface area contributed by atoms with Crippen molar-refractivity contribution in [1.82, 2.24) is 10.6 Å². The Labute approximate surface area is 98.4 Å². The molecular weight excluding hydrogens is 200 g/mol. The van der Waals surface area contributed by atoms with Crippen molar-refractivity contribution in [1.29, 1.82) is 0 Å². The van der Waals surface area contributed by atoms with Crippen LogP contribution >= 0.6 is 0 Å². The zero-order chi connectivity index (χ0) is 11.4. The first-order chi connectivity index (χ1) is 7.75. The summed E-state index contributed by atoms with van der Waals surface area (Å²) in [5.74, 6) is 1.95. The van der Waals surface area contributed by atoms with Crippen molar-refractivity contribution in [3.63, 3.8) is 0 Å². The molecule has 1 heterocycles. The van der Waals surface area contributed by atoms with E-state index >= 15 is 0 Å². The highest BCUT2D eigenvalue weighted by molar-refractivity contribution is 5.78. The third kappa shape index (κ3) is 3.21. The van der Waals surface area contributed by atoms with Gasteiger partial charge in [-0.3, -0.25) is 4.79 Å². The zero-order valence-corrected chi connectivity index (χ0v) is 10.3. The Hall–Kier alpha value is -0.570. The minimum absolute atomic E-state index is 0.205. The smallest absolute Gasteiger partial charge is 0.222 e. The second kappa shape index (κ2) is 5.67. The average Bonchev–Trinajstić information content (AvgIpc) is 2.67. The molecule has 2 N–H and O–H groups in total. The van der Waals surface area contributed by atoms with Gasteiger partial charge >= 0.3 is 0 Å². The van der Waals surface area contributed by atoms with Gasteiger partial charge in [0.1, 0.15) is 0 Å². The Bertz CT molecular complexity index is 232. The molecule has 92 valence electrons. The predicted molar refractivity (Wildman–Crippen MR) is 65.1 cm³/mol. The molecule has 0 aromatic carbocycles. The molecule has 2 fully saturated rings. The summed E-state index contributed by atoms with van der Waals surface area (Å²) in [6.07, 6.45) is 6.50. The normalized spacial score (nSPS) is 24.1. The van der Waals surface area contributed by atoms with Crippen molar-refractivity contribution >= 4 is 5.91 Å². The number of carbonyl (C=O) groups is 1. The van der Waals surface area contributed by atoms with Gasteiger partial charge in [0.15, 0.2) is 0 Å². The first-order valence-electron chi connectivity index (χ1n) is 6.74. The molecule has 3 nitrogen and oxygen atoms in total. The lowest BCUT2D eigenvalue weighted by Crippen LogP contribution is -2.48. The fraction of sp³-hybridized carbons (Fsp3) is 0.923. The van der Waals surface area contributed by atoms with Gasteiger partial charge in [0.25, 0.3) is 0 Å². The van der Waals surface area contributed by atoms with E-state index in [0.29, 0.717) is 5.92 Å². The molecule has 2 aliphatic rings. The van der Waals surface area contributed by atoms with Gasteiger partial charge in [0.2, 0.25) is 5.91 Å². The Kier molecular flexibility index (Phi) is 4.22. The van der Waals surface area contributed by atoms with E-state index in [-0.39, 0.29) is 11.8 Å². The van der Waals surface area contributed by atoms with E-state index in [1.165, 1.54) is 25.7 Å². The van der Waals surface area contributed by atoms with Gasteiger partial charge in [0, 0.05) is 31.5 Å². The molecule has 1 saturated heterocycles. The van der Waals surface area contributed by atoms with Crippen molar-refractivity contribution < 1.29 is 4.79 Å². The number of amides is 1. The second-order valence-corrected chi connectivity index (χ2v) is 5.56. The summed E-state index contributed by atoms with van der Waals surface area (Å²) in [6, 6.07) is 0. The third-order valence-corrected chi connectivity index (χ3v) is 4.04. The monoisotopic (exact) mass is 224 g/mol. The Balaban J connectivity index is 1.62. The molecule has 1 unspecified atom stereocenters. The molecule has 1 atom stereocenters. The minimum Gasteiger partial charge on any atom is -0.355 e. The zero-order valence-electron chi connectivity index (χ0n) is 10.3. The van der Waals surface area contributed by atoms with Crippen molar-refractivity contribution in [3.05, 3.63) is 0 Å². The summed E-state index contributed by atoms with van der Waals surface area (Å²) < 4.78 is 0. The average molecular weight is 224 g/mol. The number of carbonyl (C=O) groups excluding carboxylic acids is 1. The highest BCUT2D eigenvalue weighted by atomic mass is 16.1. The van der Waals surface area contributed by atoms with Crippen LogP contribution in [0.2, 0.25) is 0 Å². The quantitative estimate of drug-likeness (QED) is 0.743. The van der Waals surface area contributed by atoms with Crippen LogP contribution in [0.3, 0.4) is 0 Å². The summed E-state index contributed by atoms with van der Waals surface area (Å²) in [5.41, 5.74) is 0. The highest BCUT2D eigenvalue weighted by Gasteiger charge is 2.23. The van der Waals surface area contributed by atoms with Gasteiger partial charge in [0.05, 0.1) is 0 Å². The summed E-state index contributed by atoms with van der Waals surface area (Å²) in [7, 11) is 0.